The van der Waals surface area contributed by atoms with Crippen molar-refractivity contribution in [3.8, 4) is 0 Å². The fraction of sp³-hybridized carbons (Fsp3) is 0.211. The van der Waals surface area contributed by atoms with Gasteiger partial charge >= 0.3 is 5.97 Å². The molecule has 0 atom stereocenters. The zero-order valence-electron chi connectivity index (χ0n) is 14.4. The molecular weight excluding hydrogens is 374 g/mol. The number of ether oxygens (including phenoxy) is 1. The van der Waals surface area contributed by atoms with E-state index in [9.17, 15) is 18.4 Å². The lowest BCUT2D eigenvalue weighted by molar-refractivity contribution is -0.141. The molecule has 0 unspecified atom stereocenters. The van der Waals surface area contributed by atoms with Gasteiger partial charge in [0.05, 0.1) is 17.3 Å². The van der Waals surface area contributed by atoms with E-state index in [1.165, 1.54) is 11.7 Å². The second-order valence-corrected chi connectivity index (χ2v) is 6.78. The van der Waals surface area contributed by atoms with Crippen LogP contribution in [0.15, 0.2) is 47.5 Å². The van der Waals surface area contributed by atoms with Crippen LogP contribution >= 0.6 is 11.3 Å². The molecule has 0 aliphatic carbocycles. The number of aryl methyl sites for hydroxylation is 1. The number of benzene rings is 2. The van der Waals surface area contributed by atoms with Crippen LogP contribution in [0.25, 0.3) is 10.2 Å². The molecule has 140 valence electrons. The maximum Gasteiger partial charge on any atom is 0.325 e. The SMILES string of the molecule is COC(=O)Cn1c(=NC(=O)CCc2ccccc2)sc2cc(F)cc(F)c21. The summed E-state index contributed by atoms with van der Waals surface area (Å²) in [5, 5.41) is 0. The summed E-state index contributed by atoms with van der Waals surface area (Å²) in [7, 11) is 1.20. The summed E-state index contributed by atoms with van der Waals surface area (Å²) in [5.41, 5.74) is 1.01. The zero-order valence-corrected chi connectivity index (χ0v) is 15.3. The minimum atomic E-state index is -0.830. The van der Waals surface area contributed by atoms with Crippen molar-refractivity contribution in [2.45, 2.75) is 19.4 Å². The van der Waals surface area contributed by atoms with Gasteiger partial charge in [0.2, 0.25) is 5.91 Å². The largest absolute Gasteiger partial charge is 0.468 e. The number of carbonyl (C=O) groups excluding carboxylic acids is 2. The third-order valence-corrected chi connectivity index (χ3v) is 4.93. The lowest BCUT2D eigenvalue weighted by Crippen LogP contribution is -2.23. The van der Waals surface area contributed by atoms with Crippen molar-refractivity contribution < 1.29 is 23.1 Å². The smallest absolute Gasteiger partial charge is 0.325 e. The summed E-state index contributed by atoms with van der Waals surface area (Å²) >= 11 is 0.942. The van der Waals surface area contributed by atoms with Crippen LogP contribution in [0.4, 0.5) is 8.78 Å². The van der Waals surface area contributed by atoms with E-state index in [0.29, 0.717) is 6.42 Å². The molecule has 2 aromatic carbocycles. The molecule has 0 fully saturated rings. The number of rotatable bonds is 5. The molecule has 0 aliphatic rings. The average molecular weight is 390 g/mol. The van der Waals surface area contributed by atoms with E-state index in [2.05, 4.69) is 9.73 Å². The molecule has 3 aromatic rings. The number of esters is 1. The van der Waals surface area contributed by atoms with Gasteiger partial charge in [0.25, 0.3) is 0 Å². The molecule has 0 spiro atoms. The maximum absolute atomic E-state index is 14.2. The highest BCUT2D eigenvalue weighted by atomic mass is 32.1. The molecule has 1 amide bonds. The van der Waals surface area contributed by atoms with Crippen molar-refractivity contribution in [1.82, 2.24) is 4.57 Å². The Labute approximate surface area is 157 Å². The maximum atomic E-state index is 14.2. The van der Waals surface area contributed by atoms with E-state index in [1.807, 2.05) is 30.3 Å². The van der Waals surface area contributed by atoms with Crippen LogP contribution in [-0.2, 0) is 27.3 Å². The Morgan fingerprint density at radius 2 is 1.93 bits per heavy atom. The molecule has 3 rings (SSSR count). The van der Waals surface area contributed by atoms with Gasteiger partial charge in [-0.05, 0) is 18.1 Å². The normalized spacial score (nSPS) is 11.7. The first-order chi connectivity index (χ1) is 13.0. The Hall–Kier alpha value is -2.87. The summed E-state index contributed by atoms with van der Waals surface area (Å²) in [6.45, 7) is -0.330. The van der Waals surface area contributed by atoms with Crippen LogP contribution < -0.4 is 4.80 Å². The van der Waals surface area contributed by atoms with Gasteiger partial charge in [0.15, 0.2) is 10.6 Å². The first-order valence-corrected chi connectivity index (χ1v) is 8.96. The minimum absolute atomic E-state index is 0.0152. The molecular formula is C19H16F2N2O3S. The van der Waals surface area contributed by atoms with Gasteiger partial charge < -0.3 is 9.30 Å². The van der Waals surface area contributed by atoms with Crippen molar-refractivity contribution in [3.63, 3.8) is 0 Å². The van der Waals surface area contributed by atoms with Gasteiger partial charge in [0, 0.05) is 12.5 Å². The quantitative estimate of drug-likeness (QED) is 0.629. The molecule has 0 bridgehead atoms. The highest BCUT2D eigenvalue weighted by molar-refractivity contribution is 7.16. The highest BCUT2D eigenvalue weighted by Crippen LogP contribution is 2.22. The monoisotopic (exact) mass is 390 g/mol. The standard InChI is InChI=1S/C19H16F2N2O3S/c1-26-17(25)11-23-18-14(21)9-13(20)10-15(18)27-19(23)22-16(24)8-7-12-5-3-2-4-6-12/h2-6,9-10H,7-8,11H2,1H3. The van der Waals surface area contributed by atoms with Crippen molar-refractivity contribution in [2.75, 3.05) is 7.11 Å². The summed E-state index contributed by atoms with van der Waals surface area (Å²) in [6.07, 6.45) is 0.668. The fourth-order valence-corrected chi connectivity index (χ4v) is 3.70. The number of fused-ring (bicyclic) bond motifs is 1. The Bertz CT molecular complexity index is 1060. The molecule has 27 heavy (non-hydrogen) atoms. The Balaban J connectivity index is 1.97. The van der Waals surface area contributed by atoms with E-state index in [-0.39, 0.29) is 28.0 Å². The first kappa shape index (κ1) is 18.9. The van der Waals surface area contributed by atoms with Crippen molar-refractivity contribution in [3.05, 3.63) is 64.5 Å². The molecule has 0 aliphatic heterocycles. The third-order valence-electron chi connectivity index (χ3n) is 3.90. The van der Waals surface area contributed by atoms with Crippen LogP contribution in [0.1, 0.15) is 12.0 Å². The van der Waals surface area contributed by atoms with Gasteiger partial charge in [0.1, 0.15) is 12.4 Å². The van der Waals surface area contributed by atoms with E-state index in [1.54, 1.807) is 0 Å². The number of amides is 1. The Morgan fingerprint density at radius 1 is 1.19 bits per heavy atom. The summed E-state index contributed by atoms with van der Waals surface area (Å²) in [6, 6.07) is 11.3. The number of hydrogen-bond donors (Lipinski definition) is 0. The average Bonchev–Trinajstić information content (AvgIpc) is 2.97. The lowest BCUT2D eigenvalue weighted by atomic mass is 10.1. The zero-order chi connectivity index (χ0) is 19.4. The van der Waals surface area contributed by atoms with Gasteiger partial charge in [-0.25, -0.2) is 8.78 Å². The van der Waals surface area contributed by atoms with Gasteiger partial charge in [-0.1, -0.05) is 41.7 Å². The Kier molecular flexibility index (Phi) is 5.75. The number of halogens is 2. The van der Waals surface area contributed by atoms with Crippen LogP contribution in [0.2, 0.25) is 0 Å². The van der Waals surface area contributed by atoms with E-state index in [0.717, 1.165) is 29.0 Å². The Morgan fingerprint density at radius 3 is 2.63 bits per heavy atom. The number of aromatic nitrogens is 1. The summed E-state index contributed by atoms with van der Waals surface area (Å²) in [5.74, 6) is -2.61. The lowest BCUT2D eigenvalue weighted by Gasteiger charge is -2.04. The van der Waals surface area contributed by atoms with E-state index >= 15 is 0 Å². The number of hydrogen-bond acceptors (Lipinski definition) is 4. The summed E-state index contributed by atoms with van der Waals surface area (Å²) in [4.78, 5) is 28.1. The number of nitrogens with zero attached hydrogens (tertiary/aromatic N) is 2. The molecule has 0 saturated carbocycles. The van der Waals surface area contributed by atoms with Gasteiger partial charge in [-0.3, -0.25) is 9.59 Å². The van der Waals surface area contributed by atoms with Crippen molar-refractivity contribution >= 4 is 33.4 Å². The second-order valence-electron chi connectivity index (χ2n) is 5.77. The number of thiazole rings is 1. The number of carbonyl (C=O) groups is 2. The molecule has 1 heterocycles. The van der Waals surface area contributed by atoms with Gasteiger partial charge in [-0.2, -0.15) is 4.99 Å². The molecule has 1 aromatic heterocycles. The molecule has 0 saturated heterocycles. The van der Waals surface area contributed by atoms with Crippen LogP contribution in [0.3, 0.4) is 0 Å². The van der Waals surface area contributed by atoms with Crippen LogP contribution in [0, 0.1) is 11.6 Å². The minimum Gasteiger partial charge on any atom is -0.468 e. The van der Waals surface area contributed by atoms with Crippen molar-refractivity contribution in [1.29, 1.82) is 0 Å². The van der Waals surface area contributed by atoms with Crippen molar-refractivity contribution in [2.24, 2.45) is 4.99 Å². The number of methoxy groups -OCH3 is 1. The first-order valence-electron chi connectivity index (χ1n) is 8.14. The second kappa shape index (κ2) is 8.22. The van der Waals surface area contributed by atoms with Crippen LogP contribution in [0.5, 0.6) is 0 Å². The summed E-state index contributed by atoms with van der Waals surface area (Å²) < 4.78 is 33.9. The van der Waals surface area contributed by atoms with E-state index < -0.39 is 23.5 Å². The molecule has 5 nitrogen and oxygen atoms in total. The highest BCUT2D eigenvalue weighted by Gasteiger charge is 2.16. The fourth-order valence-electron chi connectivity index (χ4n) is 2.61. The van der Waals surface area contributed by atoms with Crippen LogP contribution in [-0.4, -0.2) is 23.6 Å². The molecule has 0 N–H and O–H groups in total. The molecule has 8 heteroatoms. The van der Waals surface area contributed by atoms with Gasteiger partial charge in [-0.15, -0.1) is 0 Å². The predicted octanol–water partition coefficient (Wildman–Crippen LogP) is 3.21. The molecule has 0 radical (unpaired) electrons. The third kappa shape index (κ3) is 4.46. The predicted molar refractivity (Wildman–Crippen MR) is 97.1 cm³/mol. The van der Waals surface area contributed by atoms with E-state index in [4.69, 9.17) is 0 Å². The topological polar surface area (TPSA) is 60.7 Å².